The van der Waals surface area contributed by atoms with E-state index in [1.807, 2.05) is 36.4 Å². The van der Waals surface area contributed by atoms with Crippen molar-refractivity contribution in [1.29, 1.82) is 0 Å². The zero-order valence-corrected chi connectivity index (χ0v) is 12.5. The number of nitrogen functional groups attached to an aromatic ring is 1. The molecule has 0 aliphatic carbocycles. The Morgan fingerprint density at radius 2 is 1.95 bits per heavy atom. The summed E-state index contributed by atoms with van der Waals surface area (Å²) in [6.07, 6.45) is 3.26. The van der Waals surface area contributed by atoms with Gasteiger partial charge in [-0.15, -0.1) is 0 Å². The van der Waals surface area contributed by atoms with Crippen LogP contribution >= 0.6 is 0 Å². The predicted molar refractivity (Wildman–Crippen MR) is 79.5 cm³/mol. The average molecular weight is 279 g/mol. The van der Waals surface area contributed by atoms with Gasteiger partial charge in [0.2, 0.25) is 0 Å². The molecule has 2 rings (SSSR count). The number of piperidine rings is 1. The summed E-state index contributed by atoms with van der Waals surface area (Å²) in [5.41, 5.74) is 7.11. The zero-order valence-electron chi connectivity index (χ0n) is 12.5. The van der Waals surface area contributed by atoms with Crippen molar-refractivity contribution >= 4 is 11.6 Å². The number of carbonyl (C=O) groups excluding carboxylic acids is 1. The fraction of sp³-hybridized carbons (Fsp3) is 0.667. The van der Waals surface area contributed by atoms with E-state index in [1.165, 1.54) is 0 Å². The molecule has 0 aromatic carbocycles. The molecule has 0 radical (unpaired) electrons. The molecule has 20 heavy (non-hydrogen) atoms. The Kier molecular flexibility index (Phi) is 4.38. The Hall–Kier alpha value is -1.49. The molecular formula is C15H25N3O2. The molecule has 1 aromatic rings. The number of carbonyl (C=O) groups is 1. The van der Waals surface area contributed by atoms with Crippen LogP contribution in [0.2, 0.25) is 0 Å². The van der Waals surface area contributed by atoms with Crippen molar-refractivity contribution in [2.75, 3.05) is 18.8 Å². The van der Waals surface area contributed by atoms with Crippen LogP contribution in [0.4, 0.5) is 5.69 Å². The number of aromatic nitrogens is 1. The van der Waals surface area contributed by atoms with Gasteiger partial charge in [0, 0.05) is 25.3 Å². The number of rotatable bonds is 3. The van der Waals surface area contributed by atoms with Gasteiger partial charge in [-0.25, -0.2) is 0 Å². The number of anilines is 1. The van der Waals surface area contributed by atoms with Gasteiger partial charge in [0.05, 0.1) is 11.8 Å². The predicted octanol–water partition coefficient (Wildman–Crippen LogP) is 1.88. The van der Waals surface area contributed by atoms with E-state index in [4.69, 9.17) is 5.73 Å². The van der Waals surface area contributed by atoms with Crippen LogP contribution in [0.15, 0.2) is 12.3 Å². The molecule has 112 valence electrons. The van der Waals surface area contributed by atoms with E-state index in [0.717, 1.165) is 12.8 Å². The molecule has 3 N–H and O–H groups in total. The molecule has 1 unspecified atom stereocenters. The number of aliphatic hydroxyl groups is 1. The van der Waals surface area contributed by atoms with Crippen molar-refractivity contribution in [3.63, 3.8) is 0 Å². The summed E-state index contributed by atoms with van der Waals surface area (Å²) in [4.78, 5) is 14.5. The number of aliphatic hydroxyl groups excluding tert-OH is 1. The van der Waals surface area contributed by atoms with E-state index in [9.17, 15) is 9.90 Å². The molecule has 1 aromatic heterocycles. The molecule has 0 saturated carbocycles. The minimum Gasteiger partial charge on any atom is -0.397 e. The largest absolute Gasteiger partial charge is 0.397 e. The monoisotopic (exact) mass is 279 g/mol. The van der Waals surface area contributed by atoms with Crippen molar-refractivity contribution in [2.45, 2.75) is 45.8 Å². The van der Waals surface area contributed by atoms with Crippen LogP contribution in [-0.4, -0.2) is 39.7 Å². The van der Waals surface area contributed by atoms with Crippen molar-refractivity contribution in [3.8, 4) is 0 Å². The SMILES string of the molecule is CC(O)C1CCN(C(=O)c2cc(N)cn2C(C)C)CC1. The van der Waals surface area contributed by atoms with Crippen molar-refractivity contribution < 1.29 is 9.90 Å². The van der Waals surface area contributed by atoms with Crippen LogP contribution in [0.5, 0.6) is 0 Å². The number of hydrogen-bond donors (Lipinski definition) is 2. The Bertz CT molecular complexity index is 471. The number of amides is 1. The van der Waals surface area contributed by atoms with Crippen molar-refractivity contribution in [3.05, 3.63) is 18.0 Å². The smallest absolute Gasteiger partial charge is 0.270 e. The van der Waals surface area contributed by atoms with Gasteiger partial charge in [-0.1, -0.05) is 0 Å². The van der Waals surface area contributed by atoms with Crippen LogP contribution in [0.25, 0.3) is 0 Å². The molecule has 0 bridgehead atoms. The van der Waals surface area contributed by atoms with Gasteiger partial charge in [-0.2, -0.15) is 0 Å². The lowest BCUT2D eigenvalue weighted by Crippen LogP contribution is -2.41. The zero-order chi connectivity index (χ0) is 14.9. The first-order valence-corrected chi connectivity index (χ1v) is 7.34. The first kappa shape index (κ1) is 14.9. The second kappa shape index (κ2) is 5.87. The number of hydrogen-bond acceptors (Lipinski definition) is 3. The van der Waals surface area contributed by atoms with Gasteiger partial charge in [0.1, 0.15) is 5.69 Å². The quantitative estimate of drug-likeness (QED) is 0.887. The topological polar surface area (TPSA) is 71.5 Å². The maximum absolute atomic E-state index is 12.6. The summed E-state index contributed by atoms with van der Waals surface area (Å²) in [6, 6.07) is 1.96. The third-order valence-electron chi connectivity index (χ3n) is 4.15. The van der Waals surface area contributed by atoms with E-state index >= 15 is 0 Å². The van der Waals surface area contributed by atoms with E-state index in [1.54, 1.807) is 6.07 Å². The highest BCUT2D eigenvalue weighted by molar-refractivity contribution is 5.94. The minimum atomic E-state index is -0.289. The van der Waals surface area contributed by atoms with E-state index in [2.05, 4.69) is 0 Å². The fourth-order valence-electron chi connectivity index (χ4n) is 2.85. The van der Waals surface area contributed by atoms with Gasteiger partial charge >= 0.3 is 0 Å². The van der Waals surface area contributed by atoms with Gasteiger partial charge in [0.25, 0.3) is 5.91 Å². The second-order valence-electron chi connectivity index (χ2n) is 6.03. The third-order valence-corrected chi connectivity index (χ3v) is 4.15. The lowest BCUT2D eigenvalue weighted by molar-refractivity contribution is 0.0512. The van der Waals surface area contributed by atoms with Crippen LogP contribution in [-0.2, 0) is 0 Å². The molecule has 1 aliphatic heterocycles. The standard InChI is InChI=1S/C15H25N3O2/c1-10(2)18-9-13(16)8-14(18)15(20)17-6-4-12(5-7-17)11(3)19/h8-12,19H,4-7,16H2,1-3H3. The summed E-state index contributed by atoms with van der Waals surface area (Å²) >= 11 is 0. The summed E-state index contributed by atoms with van der Waals surface area (Å²) in [5, 5.41) is 9.62. The summed E-state index contributed by atoms with van der Waals surface area (Å²) < 4.78 is 1.93. The molecule has 0 spiro atoms. The minimum absolute atomic E-state index is 0.0412. The van der Waals surface area contributed by atoms with E-state index < -0.39 is 0 Å². The maximum Gasteiger partial charge on any atom is 0.270 e. The molecule has 1 aliphatic rings. The van der Waals surface area contributed by atoms with E-state index in [0.29, 0.717) is 30.4 Å². The van der Waals surface area contributed by atoms with Crippen LogP contribution in [0.3, 0.4) is 0 Å². The molecule has 1 fully saturated rings. The van der Waals surface area contributed by atoms with Crippen molar-refractivity contribution in [1.82, 2.24) is 9.47 Å². The highest BCUT2D eigenvalue weighted by atomic mass is 16.3. The highest BCUT2D eigenvalue weighted by Gasteiger charge is 2.27. The van der Waals surface area contributed by atoms with E-state index in [-0.39, 0.29) is 18.1 Å². The van der Waals surface area contributed by atoms with Crippen LogP contribution in [0.1, 0.15) is 50.1 Å². The Labute approximate surface area is 120 Å². The normalized spacial score (nSPS) is 18.6. The molecule has 1 atom stereocenters. The summed E-state index contributed by atoms with van der Waals surface area (Å²) in [5.74, 6) is 0.348. The average Bonchev–Trinajstić information content (AvgIpc) is 2.80. The molecular weight excluding hydrogens is 254 g/mol. The second-order valence-corrected chi connectivity index (χ2v) is 6.03. The lowest BCUT2D eigenvalue weighted by atomic mass is 9.92. The van der Waals surface area contributed by atoms with Gasteiger partial charge in [0.15, 0.2) is 0 Å². The van der Waals surface area contributed by atoms with Gasteiger partial charge in [-0.3, -0.25) is 4.79 Å². The molecule has 5 heteroatoms. The first-order chi connectivity index (χ1) is 9.40. The fourth-order valence-corrected chi connectivity index (χ4v) is 2.85. The van der Waals surface area contributed by atoms with Gasteiger partial charge in [-0.05, 0) is 45.6 Å². The number of likely N-dealkylation sites (tertiary alicyclic amines) is 1. The Balaban J connectivity index is 2.09. The third kappa shape index (κ3) is 2.98. The first-order valence-electron chi connectivity index (χ1n) is 7.34. The summed E-state index contributed by atoms with van der Waals surface area (Å²) in [6.45, 7) is 7.31. The molecule has 1 amide bonds. The number of nitrogens with zero attached hydrogens (tertiary/aromatic N) is 2. The Morgan fingerprint density at radius 3 is 2.45 bits per heavy atom. The Morgan fingerprint density at radius 1 is 1.35 bits per heavy atom. The molecule has 1 saturated heterocycles. The molecule has 2 heterocycles. The maximum atomic E-state index is 12.6. The summed E-state index contributed by atoms with van der Waals surface area (Å²) in [7, 11) is 0. The molecule has 5 nitrogen and oxygen atoms in total. The van der Waals surface area contributed by atoms with Gasteiger partial charge < -0.3 is 20.3 Å². The lowest BCUT2D eigenvalue weighted by Gasteiger charge is -2.33. The number of nitrogens with two attached hydrogens (primary N) is 1. The van der Waals surface area contributed by atoms with Crippen LogP contribution < -0.4 is 5.73 Å². The highest BCUT2D eigenvalue weighted by Crippen LogP contribution is 2.24. The van der Waals surface area contributed by atoms with Crippen LogP contribution in [0, 0.1) is 5.92 Å². The van der Waals surface area contributed by atoms with Crippen molar-refractivity contribution in [2.24, 2.45) is 5.92 Å².